The Labute approximate surface area is 139 Å². The molecular formula is C18H32N2O3. The number of methoxy groups -OCH3 is 1. The lowest BCUT2D eigenvalue weighted by molar-refractivity contribution is -0.152. The Morgan fingerprint density at radius 2 is 1.48 bits per heavy atom. The third kappa shape index (κ3) is 4.46. The lowest BCUT2D eigenvalue weighted by Gasteiger charge is -2.37. The van der Waals surface area contributed by atoms with Crippen molar-refractivity contribution in [3.05, 3.63) is 0 Å². The van der Waals surface area contributed by atoms with Crippen LogP contribution in [0.15, 0.2) is 0 Å². The molecule has 3 N–H and O–H groups in total. The van der Waals surface area contributed by atoms with Crippen LogP contribution >= 0.6 is 0 Å². The Morgan fingerprint density at radius 1 is 0.957 bits per heavy atom. The van der Waals surface area contributed by atoms with E-state index in [1.54, 1.807) is 0 Å². The van der Waals surface area contributed by atoms with Crippen molar-refractivity contribution in [3.8, 4) is 0 Å². The van der Waals surface area contributed by atoms with E-state index in [0.717, 1.165) is 51.4 Å². The highest BCUT2D eigenvalue weighted by atomic mass is 16.5. The van der Waals surface area contributed by atoms with Crippen LogP contribution in [0.4, 0.5) is 0 Å². The number of nitrogens with two attached hydrogens (primary N) is 1. The molecule has 0 bridgehead atoms. The first-order chi connectivity index (χ1) is 11.1. The first-order valence-electron chi connectivity index (χ1n) is 9.15. The molecule has 0 radical (unpaired) electrons. The number of carbonyl (C=O) groups excluding carboxylic acids is 2. The molecule has 132 valence electrons. The predicted molar refractivity (Wildman–Crippen MR) is 89.8 cm³/mol. The molecule has 0 spiro atoms. The van der Waals surface area contributed by atoms with Crippen LogP contribution in [0, 0.1) is 5.41 Å². The van der Waals surface area contributed by atoms with Gasteiger partial charge >= 0.3 is 5.97 Å². The van der Waals surface area contributed by atoms with Crippen molar-refractivity contribution < 1.29 is 14.3 Å². The molecule has 2 aliphatic carbocycles. The van der Waals surface area contributed by atoms with Crippen LogP contribution in [0.5, 0.6) is 0 Å². The molecule has 0 aromatic rings. The van der Waals surface area contributed by atoms with E-state index < -0.39 is 5.54 Å². The number of hydrogen-bond acceptors (Lipinski definition) is 4. The molecule has 2 aliphatic rings. The van der Waals surface area contributed by atoms with Gasteiger partial charge in [0.05, 0.1) is 7.11 Å². The Morgan fingerprint density at radius 3 is 2.00 bits per heavy atom. The quantitative estimate of drug-likeness (QED) is 0.602. The summed E-state index contributed by atoms with van der Waals surface area (Å²) < 4.78 is 5.01. The monoisotopic (exact) mass is 324 g/mol. The second-order valence-electron chi connectivity index (χ2n) is 7.48. The highest BCUT2D eigenvalue weighted by Crippen LogP contribution is 2.39. The second kappa shape index (κ2) is 8.13. The maximum atomic E-state index is 12.7. The molecule has 1 amide bonds. The number of nitrogens with one attached hydrogen (secondary N) is 1. The fourth-order valence-corrected chi connectivity index (χ4v) is 4.31. The van der Waals surface area contributed by atoms with Gasteiger partial charge < -0.3 is 15.8 Å². The summed E-state index contributed by atoms with van der Waals surface area (Å²) in [7, 11) is 1.41. The highest BCUT2D eigenvalue weighted by Gasteiger charge is 2.42. The van der Waals surface area contributed by atoms with Gasteiger partial charge in [-0.15, -0.1) is 0 Å². The van der Waals surface area contributed by atoms with Crippen molar-refractivity contribution in [2.45, 2.75) is 82.6 Å². The van der Waals surface area contributed by atoms with E-state index in [1.807, 2.05) is 0 Å². The maximum absolute atomic E-state index is 12.7. The Bertz CT molecular complexity index is 408. The molecule has 5 nitrogen and oxygen atoms in total. The smallest absolute Gasteiger partial charge is 0.331 e. The summed E-state index contributed by atoms with van der Waals surface area (Å²) in [5.74, 6) is -0.331. The van der Waals surface area contributed by atoms with Crippen molar-refractivity contribution in [1.82, 2.24) is 5.32 Å². The minimum atomic E-state index is -0.827. The van der Waals surface area contributed by atoms with E-state index in [-0.39, 0.29) is 17.3 Å². The van der Waals surface area contributed by atoms with E-state index in [9.17, 15) is 9.59 Å². The van der Waals surface area contributed by atoms with Crippen LogP contribution in [-0.2, 0) is 14.3 Å². The molecule has 2 rings (SSSR count). The molecular weight excluding hydrogens is 292 g/mol. The SMILES string of the molecule is COC(=O)C1(NC(=O)CC2(CN)CCCCC2)CCCCCC1. The Balaban J connectivity index is 2.06. The summed E-state index contributed by atoms with van der Waals surface area (Å²) in [6, 6.07) is 0. The largest absolute Gasteiger partial charge is 0.467 e. The van der Waals surface area contributed by atoms with Gasteiger partial charge in [-0.1, -0.05) is 44.9 Å². The van der Waals surface area contributed by atoms with Crippen LogP contribution in [0.3, 0.4) is 0 Å². The van der Waals surface area contributed by atoms with E-state index in [4.69, 9.17) is 10.5 Å². The van der Waals surface area contributed by atoms with Gasteiger partial charge in [0.1, 0.15) is 5.54 Å². The minimum absolute atomic E-state index is 0.0374. The number of ether oxygens (including phenoxy) is 1. The average Bonchev–Trinajstić information content (AvgIpc) is 2.81. The van der Waals surface area contributed by atoms with Gasteiger partial charge in [-0.3, -0.25) is 4.79 Å². The summed E-state index contributed by atoms with van der Waals surface area (Å²) in [5.41, 5.74) is 5.09. The van der Waals surface area contributed by atoms with Crippen LogP contribution in [0.2, 0.25) is 0 Å². The van der Waals surface area contributed by atoms with Crippen LogP contribution in [0.1, 0.15) is 77.0 Å². The second-order valence-corrected chi connectivity index (χ2v) is 7.48. The minimum Gasteiger partial charge on any atom is -0.467 e. The van der Waals surface area contributed by atoms with Crippen molar-refractivity contribution in [1.29, 1.82) is 0 Å². The summed E-state index contributed by atoms with van der Waals surface area (Å²) in [4.78, 5) is 25.1. The molecule has 0 saturated heterocycles. The number of hydrogen-bond donors (Lipinski definition) is 2. The first kappa shape index (κ1) is 18.2. The molecule has 23 heavy (non-hydrogen) atoms. The van der Waals surface area contributed by atoms with Crippen molar-refractivity contribution in [2.75, 3.05) is 13.7 Å². The molecule has 2 saturated carbocycles. The zero-order valence-corrected chi connectivity index (χ0v) is 14.5. The van der Waals surface area contributed by atoms with E-state index in [1.165, 1.54) is 13.5 Å². The van der Waals surface area contributed by atoms with Crippen molar-refractivity contribution in [2.24, 2.45) is 11.1 Å². The highest BCUT2D eigenvalue weighted by molar-refractivity contribution is 5.88. The van der Waals surface area contributed by atoms with Crippen LogP contribution in [0.25, 0.3) is 0 Å². The third-order valence-corrected chi connectivity index (χ3v) is 5.79. The van der Waals surface area contributed by atoms with E-state index in [0.29, 0.717) is 25.8 Å². The summed E-state index contributed by atoms with van der Waals surface area (Å²) in [5, 5.41) is 3.06. The average molecular weight is 324 g/mol. The zero-order valence-electron chi connectivity index (χ0n) is 14.5. The lowest BCUT2D eigenvalue weighted by Crippen LogP contribution is -2.56. The molecule has 0 aliphatic heterocycles. The van der Waals surface area contributed by atoms with Crippen LogP contribution < -0.4 is 11.1 Å². The predicted octanol–water partition coefficient (Wildman–Crippen LogP) is 2.67. The van der Waals surface area contributed by atoms with Gasteiger partial charge in [-0.2, -0.15) is 0 Å². The summed E-state index contributed by atoms with van der Waals surface area (Å²) in [6.45, 7) is 0.547. The maximum Gasteiger partial charge on any atom is 0.331 e. The normalized spacial score (nSPS) is 23.6. The number of carbonyl (C=O) groups is 2. The fourth-order valence-electron chi connectivity index (χ4n) is 4.31. The molecule has 0 aromatic heterocycles. The topological polar surface area (TPSA) is 81.4 Å². The first-order valence-corrected chi connectivity index (χ1v) is 9.15. The molecule has 0 unspecified atom stereocenters. The third-order valence-electron chi connectivity index (χ3n) is 5.79. The Kier molecular flexibility index (Phi) is 6.45. The van der Waals surface area contributed by atoms with E-state index >= 15 is 0 Å². The van der Waals surface area contributed by atoms with E-state index in [2.05, 4.69) is 5.32 Å². The molecule has 0 atom stereocenters. The van der Waals surface area contributed by atoms with Gasteiger partial charge in [0.15, 0.2) is 0 Å². The fraction of sp³-hybridized carbons (Fsp3) is 0.889. The van der Waals surface area contributed by atoms with Gasteiger partial charge in [0.2, 0.25) is 5.91 Å². The summed E-state index contributed by atoms with van der Waals surface area (Å²) >= 11 is 0. The van der Waals surface area contributed by atoms with Crippen LogP contribution in [-0.4, -0.2) is 31.1 Å². The Hall–Kier alpha value is -1.10. The lowest BCUT2D eigenvalue weighted by atomic mass is 9.71. The van der Waals surface area contributed by atoms with Gasteiger partial charge in [-0.05, 0) is 37.6 Å². The molecule has 0 aromatic carbocycles. The van der Waals surface area contributed by atoms with Gasteiger partial charge in [0.25, 0.3) is 0 Å². The zero-order chi connectivity index (χ0) is 16.8. The molecule has 0 heterocycles. The molecule has 5 heteroatoms. The number of esters is 1. The van der Waals surface area contributed by atoms with Crippen molar-refractivity contribution in [3.63, 3.8) is 0 Å². The molecule has 2 fully saturated rings. The van der Waals surface area contributed by atoms with Gasteiger partial charge in [0, 0.05) is 6.42 Å². The van der Waals surface area contributed by atoms with Crippen molar-refractivity contribution >= 4 is 11.9 Å². The number of rotatable bonds is 5. The van der Waals surface area contributed by atoms with Gasteiger partial charge in [-0.25, -0.2) is 4.79 Å². The summed E-state index contributed by atoms with van der Waals surface area (Å²) in [6.07, 6.45) is 11.5. The standard InChI is InChI=1S/C18H32N2O3/c1-23-16(22)18(11-7-2-3-8-12-18)20-15(21)13-17(14-19)9-5-4-6-10-17/h2-14,19H2,1H3,(H,20,21). The number of amides is 1.